The number of thioether (sulfide) groups is 1. The third-order valence-corrected chi connectivity index (χ3v) is 4.26. The number of hydrogen-bond acceptors (Lipinski definition) is 8. The molecule has 0 spiro atoms. The molecule has 2 heterocycles. The van der Waals surface area contributed by atoms with Crippen molar-refractivity contribution in [3.63, 3.8) is 0 Å². The van der Waals surface area contributed by atoms with E-state index in [1.807, 2.05) is 30.8 Å². The average Bonchev–Trinajstić information content (AvgIpc) is 2.66. The number of esters is 1. The van der Waals surface area contributed by atoms with Gasteiger partial charge in [-0.3, -0.25) is 4.79 Å². The normalized spacial score (nSPS) is 11.7. The maximum atomic E-state index is 11.5. The Bertz CT molecular complexity index is 679. The number of carbonyl (C=O) groups excluding carboxylic acids is 1. The Hall–Kier alpha value is -2.35. The van der Waals surface area contributed by atoms with E-state index in [2.05, 4.69) is 32.5 Å². The molecule has 0 fully saturated rings. The van der Waals surface area contributed by atoms with E-state index in [-0.39, 0.29) is 12.4 Å². The number of carbonyl (C=O) groups is 1. The zero-order valence-electron chi connectivity index (χ0n) is 15.4. The number of anilines is 2. The number of ether oxygens (including phenoxy) is 1. The summed E-state index contributed by atoms with van der Waals surface area (Å²) < 4.78 is 4.93. The van der Waals surface area contributed by atoms with Crippen molar-refractivity contribution >= 4 is 29.5 Å². The van der Waals surface area contributed by atoms with E-state index in [1.165, 1.54) is 0 Å². The summed E-state index contributed by atoms with van der Waals surface area (Å²) >= 11 is 1.62. The van der Waals surface area contributed by atoms with E-state index < -0.39 is 0 Å². The first-order chi connectivity index (χ1) is 12.6. The standard InChI is InChI=1S/C18H25N5O2S/c1-4-25-17(24)7-14-5-6-16(20-10-14)19-8-13(2)9-21-18-22-11-15(26-3)12-23-18/h5-6,10-13H,4,7-9H2,1-3H3,(H,19,20)(H,21,22,23). The minimum absolute atomic E-state index is 0.234. The summed E-state index contributed by atoms with van der Waals surface area (Å²) in [4.78, 5) is 25.4. The van der Waals surface area contributed by atoms with Crippen LogP contribution in [0.3, 0.4) is 0 Å². The Morgan fingerprint density at radius 1 is 1.15 bits per heavy atom. The van der Waals surface area contributed by atoms with Gasteiger partial charge in [0, 0.05) is 36.6 Å². The average molecular weight is 375 g/mol. The summed E-state index contributed by atoms with van der Waals surface area (Å²) in [5.74, 6) is 1.54. The largest absolute Gasteiger partial charge is 0.466 e. The van der Waals surface area contributed by atoms with Crippen LogP contribution in [0.1, 0.15) is 19.4 Å². The molecule has 2 N–H and O–H groups in total. The molecule has 0 aliphatic rings. The molecule has 26 heavy (non-hydrogen) atoms. The van der Waals surface area contributed by atoms with Crippen LogP contribution in [0.4, 0.5) is 11.8 Å². The lowest BCUT2D eigenvalue weighted by Gasteiger charge is -2.14. The molecule has 1 atom stereocenters. The first-order valence-electron chi connectivity index (χ1n) is 8.55. The van der Waals surface area contributed by atoms with E-state index in [1.54, 1.807) is 24.9 Å². The van der Waals surface area contributed by atoms with Crippen molar-refractivity contribution in [2.75, 3.05) is 36.6 Å². The second-order valence-electron chi connectivity index (χ2n) is 5.85. The number of aromatic nitrogens is 3. The van der Waals surface area contributed by atoms with Gasteiger partial charge in [-0.15, -0.1) is 11.8 Å². The lowest BCUT2D eigenvalue weighted by Crippen LogP contribution is -2.21. The van der Waals surface area contributed by atoms with Crippen LogP contribution in [0.25, 0.3) is 0 Å². The van der Waals surface area contributed by atoms with Crippen molar-refractivity contribution in [1.82, 2.24) is 15.0 Å². The number of nitrogens with one attached hydrogen (secondary N) is 2. The molecule has 0 aliphatic heterocycles. The molecule has 0 amide bonds. The number of nitrogens with zero attached hydrogens (tertiary/aromatic N) is 3. The summed E-state index contributed by atoms with van der Waals surface area (Å²) in [7, 11) is 0. The van der Waals surface area contributed by atoms with E-state index in [9.17, 15) is 4.79 Å². The fraction of sp³-hybridized carbons (Fsp3) is 0.444. The van der Waals surface area contributed by atoms with Crippen molar-refractivity contribution in [1.29, 1.82) is 0 Å². The molecule has 2 aromatic rings. The minimum atomic E-state index is -0.234. The molecule has 0 saturated carbocycles. The van der Waals surface area contributed by atoms with Crippen LogP contribution in [0.5, 0.6) is 0 Å². The van der Waals surface area contributed by atoms with Crippen LogP contribution in [0.15, 0.2) is 35.6 Å². The predicted molar refractivity (Wildman–Crippen MR) is 105 cm³/mol. The van der Waals surface area contributed by atoms with Crippen LogP contribution >= 0.6 is 11.8 Å². The van der Waals surface area contributed by atoms with Gasteiger partial charge in [0.2, 0.25) is 5.95 Å². The second-order valence-corrected chi connectivity index (χ2v) is 6.73. The Labute approximate surface area is 158 Å². The van der Waals surface area contributed by atoms with Gasteiger partial charge in [0.1, 0.15) is 5.82 Å². The maximum Gasteiger partial charge on any atom is 0.310 e. The van der Waals surface area contributed by atoms with Gasteiger partial charge in [-0.25, -0.2) is 15.0 Å². The van der Waals surface area contributed by atoms with Gasteiger partial charge in [0.25, 0.3) is 0 Å². The first kappa shape index (κ1) is 20.0. The molecule has 2 aromatic heterocycles. The highest BCUT2D eigenvalue weighted by Crippen LogP contribution is 2.12. The highest BCUT2D eigenvalue weighted by atomic mass is 32.2. The summed E-state index contributed by atoms with van der Waals surface area (Å²) in [5, 5.41) is 6.52. The molecule has 2 rings (SSSR count). The molecule has 0 aromatic carbocycles. The molecular weight excluding hydrogens is 350 g/mol. The number of pyridine rings is 1. The van der Waals surface area contributed by atoms with E-state index in [0.717, 1.165) is 29.4 Å². The van der Waals surface area contributed by atoms with E-state index in [0.29, 0.717) is 18.5 Å². The first-order valence-corrected chi connectivity index (χ1v) is 9.77. The van der Waals surface area contributed by atoms with Gasteiger partial charge in [-0.2, -0.15) is 0 Å². The predicted octanol–water partition coefficient (Wildman–Crippen LogP) is 2.86. The van der Waals surface area contributed by atoms with Crippen LogP contribution < -0.4 is 10.6 Å². The van der Waals surface area contributed by atoms with E-state index >= 15 is 0 Å². The van der Waals surface area contributed by atoms with Crippen molar-refractivity contribution in [3.8, 4) is 0 Å². The van der Waals surface area contributed by atoms with Crippen LogP contribution in [-0.4, -0.2) is 46.9 Å². The zero-order valence-corrected chi connectivity index (χ0v) is 16.2. The molecule has 7 nitrogen and oxygen atoms in total. The summed E-state index contributed by atoms with van der Waals surface area (Å²) in [6.45, 7) is 5.84. The molecule has 0 bridgehead atoms. The highest BCUT2D eigenvalue weighted by Gasteiger charge is 2.06. The van der Waals surface area contributed by atoms with Gasteiger partial charge in [-0.05, 0) is 30.7 Å². The fourth-order valence-electron chi connectivity index (χ4n) is 2.14. The van der Waals surface area contributed by atoms with Gasteiger partial charge in [0.05, 0.1) is 13.0 Å². The number of rotatable bonds is 10. The van der Waals surface area contributed by atoms with Gasteiger partial charge in [-0.1, -0.05) is 13.0 Å². The Balaban J connectivity index is 1.72. The van der Waals surface area contributed by atoms with Crippen LogP contribution in [0.2, 0.25) is 0 Å². The smallest absolute Gasteiger partial charge is 0.310 e. The minimum Gasteiger partial charge on any atom is -0.466 e. The Morgan fingerprint density at radius 3 is 2.50 bits per heavy atom. The van der Waals surface area contributed by atoms with Crippen LogP contribution in [-0.2, 0) is 16.0 Å². The molecule has 0 saturated heterocycles. The monoisotopic (exact) mass is 375 g/mol. The lowest BCUT2D eigenvalue weighted by atomic mass is 10.2. The Morgan fingerprint density at radius 2 is 1.88 bits per heavy atom. The third kappa shape index (κ3) is 6.87. The van der Waals surface area contributed by atoms with E-state index in [4.69, 9.17) is 4.74 Å². The zero-order chi connectivity index (χ0) is 18.8. The topological polar surface area (TPSA) is 89.0 Å². The Kier molecular flexibility index (Phi) is 8.14. The molecule has 1 unspecified atom stereocenters. The molecule has 140 valence electrons. The molecule has 0 aliphatic carbocycles. The van der Waals surface area contributed by atoms with Crippen molar-refractivity contribution in [3.05, 3.63) is 36.3 Å². The summed E-state index contributed by atoms with van der Waals surface area (Å²) in [6, 6.07) is 3.76. The number of hydrogen-bond donors (Lipinski definition) is 2. The summed E-state index contributed by atoms with van der Waals surface area (Å²) in [6.07, 6.45) is 7.56. The quantitative estimate of drug-likeness (QED) is 0.484. The van der Waals surface area contributed by atoms with Crippen LogP contribution in [0, 0.1) is 5.92 Å². The SMILES string of the molecule is CCOC(=O)Cc1ccc(NCC(C)CNc2ncc(SC)cn2)nc1. The fourth-order valence-corrected chi connectivity index (χ4v) is 2.46. The summed E-state index contributed by atoms with van der Waals surface area (Å²) in [5.41, 5.74) is 0.842. The second kappa shape index (κ2) is 10.6. The molecule has 8 heteroatoms. The lowest BCUT2D eigenvalue weighted by molar-refractivity contribution is -0.142. The van der Waals surface area contributed by atoms with Crippen molar-refractivity contribution in [2.24, 2.45) is 5.92 Å². The van der Waals surface area contributed by atoms with Crippen molar-refractivity contribution in [2.45, 2.75) is 25.2 Å². The van der Waals surface area contributed by atoms with Gasteiger partial charge < -0.3 is 15.4 Å². The molecular formula is C18H25N5O2S. The maximum absolute atomic E-state index is 11.5. The van der Waals surface area contributed by atoms with Crippen molar-refractivity contribution < 1.29 is 9.53 Å². The highest BCUT2D eigenvalue weighted by molar-refractivity contribution is 7.98. The molecule has 0 radical (unpaired) electrons. The third-order valence-electron chi connectivity index (χ3n) is 3.58. The van der Waals surface area contributed by atoms with Gasteiger partial charge >= 0.3 is 5.97 Å². The van der Waals surface area contributed by atoms with Gasteiger partial charge in [0.15, 0.2) is 0 Å².